The number of benzene rings is 1. The predicted molar refractivity (Wildman–Crippen MR) is 65.6 cm³/mol. The molecule has 0 N–H and O–H groups in total. The molecule has 0 aliphatic heterocycles. The van der Waals surface area contributed by atoms with E-state index in [4.69, 9.17) is 0 Å². The van der Waals surface area contributed by atoms with E-state index >= 15 is 0 Å². The predicted octanol–water partition coefficient (Wildman–Crippen LogP) is 4.10. The first-order valence-corrected chi connectivity index (χ1v) is 5.77. The van der Waals surface area contributed by atoms with Gasteiger partial charge in [-0.25, -0.2) is 0 Å². The second-order valence-electron chi connectivity index (χ2n) is 3.64. The van der Waals surface area contributed by atoms with Gasteiger partial charge in [0.1, 0.15) is 0 Å². The van der Waals surface area contributed by atoms with Crippen LogP contribution in [0, 0.1) is 6.92 Å². The first-order chi connectivity index (χ1) is 6.75. The molecular formula is C13H13Br. The van der Waals surface area contributed by atoms with Crippen LogP contribution in [0.4, 0.5) is 0 Å². The quantitative estimate of drug-likeness (QED) is 0.657. The van der Waals surface area contributed by atoms with Crippen molar-refractivity contribution in [2.24, 2.45) is 0 Å². The van der Waals surface area contributed by atoms with Crippen LogP contribution >= 0.6 is 15.9 Å². The van der Waals surface area contributed by atoms with E-state index in [1.807, 2.05) is 0 Å². The van der Waals surface area contributed by atoms with Crippen LogP contribution in [0.2, 0.25) is 0 Å². The highest BCUT2D eigenvalue weighted by Gasteiger charge is 2.05. The Bertz CT molecular complexity index is 371. The van der Waals surface area contributed by atoms with E-state index < -0.39 is 0 Å². The SMILES string of the molecule is Cc1ccc(C2=CC[C@H](Br)C=C2)cc1. The fourth-order valence-electron chi connectivity index (χ4n) is 1.55. The highest BCUT2D eigenvalue weighted by molar-refractivity contribution is 9.09. The van der Waals surface area contributed by atoms with Crippen LogP contribution < -0.4 is 0 Å². The Morgan fingerprint density at radius 3 is 2.50 bits per heavy atom. The van der Waals surface area contributed by atoms with Crippen molar-refractivity contribution in [2.45, 2.75) is 18.2 Å². The van der Waals surface area contributed by atoms with E-state index in [-0.39, 0.29) is 0 Å². The zero-order chi connectivity index (χ0) is 9.97. The second kappa shape index (κ2) is 4.14. The van der Waals surface area contributed by atoms with Gasteiger partial charge in [-0.1, -0.05) is 64.0 Å². The van der Waals surface area contributed by atoms with Crippen LogP contribution in [0.15, 0.2) is 42.5 Å². The summed E-state index contributed by atoms with van der Waals surface area (Å²) in [6.07, 6.45) is 7.76. The fourth-order valence-corrected chi connectivity index (χ4v) is 1.89. The lowest BCUT2D eigenvalue weighted by Gasteiger charge is -2.10. The number of allylic oxidation sites excluding steroid dienone is 4. The summed E-state index contributed by atoms with van der Waals surface area (Å²) in [5.74, 6) is 0. The van der Waals surface area contributed by atoms with Gasteiger partial charge in [-0.3, -0.25) is 0 Å². The minimum Gasteiger partial charge on any atom is -0.0842 e. The molecule has 1 aromatic rings. The summed E-state index contributed by atoms with van der Waals surface area (Å²) in [7, 11) is 0. The van der Waals surface area contributed by atoms with E-state index in [0.29, 0.717) is 4.83 Å². The van der Waals surface area contributed by atoms with E-state index in [9.17, 15) is 0 Å². The summed E-state index contributed by atoms with van der Waals surface area (Å²) in [5.41, 5.74) is 3.96. The van der Waals surface area contributed by atoms with Crippen LogP contribution in [-0.4, -0.2) is 4.83 Å². The molecule has 0 saturated carbocycles. The van der Waals surface area contributed by atoms with Crippen LogP contribution in [0.25, 0.3) is 5.57 Å². The first kappa shape index (κ1) is 9.72. The summed E-state index contributed by atoms with van der Waals surface area (Å²) in [5, 5.41) is 0. The highest BCUT2D eigenvalue weighted by atomic mass is 79.9. The van der Waals surface area contributed by atoms with Gasteiger partial charge in [0.25, 0.3) is 0 Å². The summed E-state index contributed by atoms with van der Waals surface area (Å²) in [6.45, 7) is 2.11. The largest absolute Gasteiger partial charge is 0.0842 e. The van der Waals surface area contributed by atoms with E-state index in [1.165, 1.54) is 16.7 Å². The maximum Gasteiger partial charge on any atom is 0.0363 e. The molecule has 0 aromatic heterocycles. The average Bonchev–Trinajstić information content (AvgIpc) is 2.21. The van der Waals surface area contributed by atoms with Gasteiger partial charge in [-0.05, 0) is 24.5 Å². The van der Waals surface area contributed by atoms with Crippen molar-refractivity contribution in [3.05, 3.63) is 53.6 Å². The summed E-state index contributed by atoms with van der Waals surface area (Å²) in [6, 6.07) is 8.68. The van der Waals surface area contributed by atoms with Crippen LogP contribution in [-0.2, 0) is 0 Å². The van der Waals surface area contributed by atoms with Crippen molar-refractivity contribution in [1.29, 1.82) is 0 Å². The van der Waals surface area contributed by atoms with E-state index in [1.54, 1.807) is 0 Å². The Morgan fingerprint density at radius 2 is 1.93 bits per heavy atom. The van der Waals surface area contributed by atoms with Gasteiger partial charge < -0.3 is 0 Å². The topological polar surface area (TPSA) is 0 Å². The number of hydrogen-bond donors (Lipinski definition) is 0. The Kier molecular flexibility index (Phi) is 2.87. The van der Waals surface area contributed by atoms with E-state index in [0.717, 1.165) is 6.42 Å². The summed E-state index contributed by atoms with van der Waals surface area (Å²) in [4.78, 5) is 0.511. The summed E-state index contributed by atoms with van der Waals surface area (Å²) < 4.78 is 0. The molecule has 1 aromatic carbocycles. The lowest BCUT2D eigenvalue weighted by Crippen LogP contribution is -1.96. The average molecular weight is 249 g/mol. The standard InChI is InChI=1S/C13H13Br/c1-10-2-4-11(5-3-10)12-6-8-13(14)9-7-12/h2-8,13H,9H2,1H3/t13-/m1/s1. The molecule has 0 heterocycles. The van der Waals surface area contributed by atoms with Gasteiger partial charge in [0, 0.05) is 4.83 Å². The smallest absolute Gasteiger partial charge is 0.0363 e. The lowest BCUT2D eigenvalue weighted by molar-refractivity contribution is 1.08. The van der Waals surface area contributed by atoms with Crippen molar-refractivity contribution < 1.29 is 0 Å². The van der Waals surface area contributed by atoms with Crippen molar-refractivity contribution in [1.82, 2.24) is 0 Å². The van der Waals surface area contributed by atoms with Crippen molar-refractivity contribution in [3.63, 3.8) is 0 Å². The molecule has 1 aliphatic carbocycles. The highest BCUT2D eigenvalue weighted by Crippen LogP contribution is 2.24. The van der Waals surface area contributed by atoms with Crippen molar-refractivity contribution in [3.8, 4) is 0 Å². The maximum absolute atomic E-state index is 3.57. The number of aryl methyl sites for hydroxylation is 1. The van der Waals surface area contributed by atoms with Gasteiger partial charge in [-0.15, -0.1) is 0 Å². The van der Waals surface area contributed by atoms with Gasteiger partial charge in [0.2, 0.25) is 0 Å². The fraction of sp³-hybridized carbons (Fsp3) is 0.231. The minimum absolute atomic E-state index is 0.511. The van der Waals surface area contributed by atoms with E-state index in [2.05, 4.69) is 65.3 Å². The Hall–Kier alpha value is -0.820. The minimum atomic E-state index is 0.511. The molecule has 0 radical (unpaired) electrons. The lowest BCUT2D eigenvalue weighted by atomic mass is 9.99. The molecular weight excluding hydrogens is 236 g/mol. The normalized spacial score (nSPS) is 20.7. The summed E-state index contributed by atoms with van der Waals surface area (Å²) >= 11 is 3.57. The Balaban J connectivity index is 2.24. The second-order valence-corrected chi connectivity index (χ2v) is 4.81. The molecule has 0 saturated heterocycles. The molecule has 0 bridgehead atoms. The molecule has 0 unspecified atom stereocenters. The maximum atomic E-state index is 3.57. The first-order valence-electron chi connectivity index (χ1n) is 4.85. The molecule has 0 amide bonds. The van der Waals surface area contributed by atoms with Gasteiger partial charge in [-0.2, -0.15) is 0 Å². The monoisotopic (exact) mass is 248 g/mol. The zero-order valence-corrected chi connectivity index (χ0v) is 9.79. The molecule has 1 aliphatic rings. The number of halogens is 1. The number of rotatable bonds is 1. The van der Waals surface area contributed by atoms with Gasteiger partial charge >= 0.3 is 0 Å². The molecule has 1 heteroatoms. The van der Waals surface area contributed by atoms with Crippen molar-refractivity contribution >= 4 is 21.5 Å². The molecule has 0 nitrogen and oxygen atoms in total. The third kappa shape index (κ3) is 2.16. The molecule has 0 spiro atoms. The third-order valence-electron chi connectivity index (χ3n) is 2.43. The number of hydrogen-bond acceptors (Lipinski definition) is 0. The molecule has 1 atom stereocenters. The van der Waals surface area contributed by atoms with Gasteiger partial charge in [0.05, 0.1) is 0 Å². The molecule has 14 heavy (non-hydrogen) atoms. The van der Waals surface area contributed by atoms with Crippen LogP contribution in [0.1, 0.15) is 17.5 Å². The van der Waals surface area contributed by atoms with Crippen molar-refractivity contribution in [2.75, 3.05) is 0 Å². The molecule has 72 valence electrons. The van der Waals surface area contributed by atoms with Crippen LogP contribution in [0.5, 0.6) is 0 Å². The zero-order valence-electron chi connectivity index (χ0n) is 8.20. The van der Waals surface area contributed by atoms with Gasteiger partial charge in [0.15, 0.2) is 0 Å². The third-order valence-corrected chi connectivity index (χ3v) is 3.11. The Labute approximate surface area is 93.5 Å². The number of alkyl halides is 1. The molecule has 2 rings (SSSR count). The molecule has 0 fully saturated rings. The van der Waals surface area contributed by atoms with Crippen LogP contribution in [0.3, 0.4) is 0 Å². The Morgan fingerprint density at radius 1 is 1.21 bits per heavy atom.